The van der Waals surface area contributed by atoms with Gasteiger partial charge < -0.3 is 15.0 Å². The van der Waals surface area contributed by atoms with Gasteiger partial charge in [-0.3, -0.25) is 0 Å². The molecule has 0 saturated carbocycles. The summed E-state index contributed by atoms with van der Waals surface area (Å²) in [7, 11) is 0. The number of nitrogens with zero attached hydrogens (tertiary/aromatic N) is 1. The molecule has 94 valence electrons. The Labute approximate surface area is 99.5 Å². The summed E-state index contributed by atoms with van der Waals surface area (Å²) < 4.78 is 5.49. The van der Waals surface area contributed by atoms with Gasteiger partial charge in [-0.15, -0.1) is 0 Å². The van der Waals surface area contributed by atoms with Gasteiger partial charge in [0.2, 0.25) is 0 Å². The van der Waals surface area contributed by atoms with Gasteiger partial charge in [-0.1, -0.05) is 19.8 Å². The van der Waals surface area contributed by atoms with Crippen molar-refractivity contribution in [1.82, 2.24) is 10.2 Å². The molecule has 0 aromatic rings. The molecule has 1 N–H and O–H groups in total. The topological polar surface area (TPSA) is 24.5 Å². The van der Waals surface area contributed by atoms with E-state index < -0.39 is 0 Å². The van der Waals surface area contributed by atoms with Crippen molar-refractivity contribution in [3.8, 4) is 0 Å². The van der Waals surface area contributed by atoms with Gasteiger partial charge in [-0.25, -0.2) is 0 Å². The molecule has 2 fully saturated rings. The minimum Gasteiger partial charge on any atom is -0.378 e. The lowest BCUT2D eigenvalue weighted by molar-refractivity contribution is 0.0551. The Morgan fingerprint density at radius 1 is 1.31 bits per heavy atom. The summed E-state index contributed by atoms with van der Waals surface area (Å²) in [5, 5.41) is 3.54. The Kier molecular flexibility index (Phi) is 5.07. The number of morpholine rings is 1. The van der Waals surface area contributed by atoms with Crippen LogP contribution in [0.1, 0.15) is 32.6 Å². The first kappa shape index (κ1) is 12.3. The van der Waals surface area contributed by atoms with E-state index in [-0.39, 0.29) is 0 Å². The molecule has 2 aliphatic rings. The summed E-state index contributed by atoms with van der Waals surface area (Å²) in [5.74, 6) is 0.997. The normalized spacial score (nSPS) is 29.4. The largest absolute Gasteiger partial charge is 0.378 e. The molecule has 0 aromatic carbocycles. The van der Waals surface area contributed by atoms with E-state index in [0.29, 0.717) is 6.04 Å². The standard InChI is InChI=1S/C13H26N2O/c1-2-3-12-4-7-15(8-5-12)10-13-11-16-9-6-14-13/h12-14H,2-11H2,1H3. The predicted octanol–water partition coefficient (Wildman–Crippen LogP) is 1.49. The summed E-state index contributed by atoms with van der Waals surface area (Å²) in [6, 6.07) is 0.566. The highest BCUT2D eigenvalue weighted by Crippen LogP contribution is 2.21. The number of rotatable bonds is 4. The van der Waals surface area contributed by atoms with Crippen molar-refractivity contribution in [3.63, 3.8) is 0 Å². The first-order valence-corrected chi connectivity index (χ1v) is 6.92. The van der Waals surface area contributed by atoms with Crippen LogP contribution in [0, 0.1) is 5.92 Å². The third-order valence-electron chi connectivity index (χ3n) is 3.88. The van der Waals surface area contributed by atoms with Crippen LogP contribution in [0.5, 0.6) is 0 Å². The molecule has 0 aliphatic carbocycles. The molecule has 2 saturated heterocycles. The quantitative estimate of drug-likeness (QED) is 0.786. The minimum absolute atomic E-state index is 0.566. The number of hydrogen-bond donors (Lipinski definition) is 1. The Balaban J connectivity index is 1.64. The van der Waals surface area contributed by atoms with Crippen molar-refractivity contribution >= 4 is 0 Å². The number of hydrogen-bond acceptors (Lipinski definition) is 3. The fraction of sp³-hybridized carbons (Fsp3) is 1.00. The zero-order chi connectivity index (χ0) is 11.2. The van der Waals surface area contributed by atoms with Crippen LogP contribution in [0.2, 0.25) is 0 Å². The van der Waals surface area contributed by atoms with Gasteiger partial charge in [0.25, 0.3) is 0 Å². The highest BCUT2D eigenvalue weighted by atomic mass is 16.5. The molecule has 0 aromatic heterocycles. The van der Waals surface area contributed by atoms with Gasteiger partial charge in [0.05, 0.1) is 13.2 Å². The number of ether oxygens (including phenoxy) is 1. The van der Waals surface area contributed by atoms with Gasteiger partial charge in [0.1, 0.15) is 0 Å². The van der Waals surface area contributed by atoms with E-state index in [9.17, 15) is 0 Å². The Morgan fingerprint density at radius 3 is 2.75 bits per heavy atom. The molecule has 1 unspecified atom stereocenters. The van der Waals surface area contributed by atoms with E-state index in [1.54, 1.807) is 0 Å². The molecule has 3 nitrogen and oxygen atoms in total. The van der Waals surface area contributed by atoms with Crippen LogP contribution in [0.4, 0.5) is 0 Å². The zero-order valence-electron chi connectivity index (χ0n) is 10.6. The van der Waals surface area contributed by atoms with Gasteiger partial charge in [-0.2, -0.15) is 0 Å². The van der Waals surface area contributed by atoms with Crippen LogP contribution in [0.25, 0.3) is 0 Å². The molecule has 0 spiro atoms. The lowest BCUT2D eigenvalue weighted by Gasteiger charge is -2.35. The molecular weight excluding hydrogens is 200 g/mol. The fourth-order valence-electron chi connectivity index (χ4n) is 2.91. The Bertz CT molecular complexity index is 184. The first-order chi connectivity index (χ1) is 7.88. The van der Waals surface area contributed by atoms with E-state index in [0.717, 1.165) is 25.7 Å². The van der Waals surface area contributed by atoms with Crippen molar-refractivity contribution < 1.29 is 4.74 Å². The number of piperidine rings is 1. The van der Waals surface area contributed by atoms with Gasteiger partial charge in [-0.05, 0) is 31.8 Å². The van der Waals surface area contributed by atoms with Crippen molar-refractivity contribution in [3.05, 3.63) is 0 Å². The van der Waals surface area contributed by atoms with Crippen LogP contribution in [-0.4, -0.2) is 50.3 Å². The van der Waals surface area contributed by atoms with Crippen LogP contribution in [0.3, 0.4) is 0 Å². The third kappa shape index (κ3) is 3.72. The molecule has 0 bridgehead atoms. The van der Waals surface area contributed by atoms with Crippen molar-refractivity contribution in [2.24, 2.45) is 5.92 Å². The molecule has 2 aliphatic heterocycles. The third-order valence-corrected chi connectivity index (χ3v) is 3.88. The number of likely N-dealkylation sites (tertiary alicyclic amines) is 1. The van der Waals surface area contributed by atoms with Gasteiger partial charge >= 0.3 is 0 Å². The molecule has 1 atom stereocenters. The van der Waals surface area contributed by atoms with E-state index in [1.165, 1.54) is 45.3 Å². The van der Waals surface area contributed by atoms with Crippen molar-refractivity contribution in [2.75, 3.05) is 39.4 Å². The summed E-state index contributed by atoms with van der Waals surface area (Å²) in [4.78, 5) is 2.61. The van der Waals surface area contributed by atoms with Crippen LogP contribution >= 0.6 is 0 Å². The van der Waals surface area contributed by atoms with Crippen LogP contribution in [-0.2, 0) is 4.74 Å². The highest BCUT2D eigenvalue weighted by molar-refractivity contribution is 4.78. The van der Waals surface area contributed by atoms with Gasteiger partial charge in [0, 0.05) is 19.1 Å². The summed E-state index contributed by atoms with van der Waals surface area (Å²) in [5.41, 5.74) is 0. The fourth-order valence-corrected chi connectivity index (χ4v) is 2.91. The first-order valence-electron chi connectivity index (χ1n) is 6.92. The lowest BCUT2D eigenvalue weighted by Crippen LogP contribution is -2.49. The molecular formula is C13H26N2O. The monoisotopic (exact) mass is 226 g/mol. The maximum atomic E-state index is 5.49. The average molecular weight is 226 g/mol. The molecule has 0 radical (unpaired) electrons. The van der Waals surface area contributed by atoms with E-state index in [2.05, 4.69) is 17.1 Å². The Hall–Kier alpha value is -0.120. The zero-order valence-corrected chi connectivity index (χ0v) is 10.6. The van der Waals surface area contributed by atoms with E-state index in [1.807, 2.05) is 0 Å². The smallest absolute Gasteiger partial charge is 0.0632 e. The lowest BCUT2D eigenvalue weighted by atomic mass is 9.92. The Morgan fingerprint density at radius 2 is 2.12 bits per heavy atom. The second-order valence-corrected chi connectivity index (χ2v) is 5.26. The molecule has 3 heteroatoms. The molecule has 0 amide bonds. The predicted molar refractivity (Wildman–Crippen MR) is 66.7 cm³/mol. The SMILES string of the molecule is CCCC1CCN(CC2COCCN2)CC1. The summed E-state index contributed by atoms with van der Waals surface area (Å²) in [6.45, 7) is 8.88. The number of nitrogens with one attached hydrogen (secondary N) is 1. The molecule has 16 heavy (non-hydrogen) atoms. The second-order valence-electron chi connectivity index (χ2n) is 5.26. The average Bonchev–Trinajstić information content (AvgIpc) is 2.33. The highest BCUT2D eigenvalue weighted by Gasteiger charge is 2.22. The molecule has 2 heterocycles. The second kappa shape index (κ2) is 6.58. The van der Waals surface area contributed by atoms with Crippen molar-refractivity contribution in [1.29, 1.82) is 0 Å². The molecule has 2 rings (SSSR count). The maximum Gasteiger partial charge on any atom is 0.0632 e. The van der Waals surface area contributed by atoms with Crippen LogP contribution in [0.15, 0.2) is 0 Å². The maximum absolute atomic E-state index is 5.49. The van der Waals surface area contributed by atoms with E-state index in [4.69, 9.17) is 4.74 Å². The van der Waals surface area contributed by atoms with E-state index >= 15 is 0 Å². The minimum atomic E-state index is 0.566. The summed E-state index contributed by atoms with van der Waals surface area (Å²) in [6.07, 6.45) is 5.59. The van der Waals surface area contributed by atoms with Gasteiger partial charge in [0.15, 0.2) is 0 Å². The van der Waals surface area contributed by atoms with Crippen LogP contribution < -0.4 is 5.32 Å². The summed E-state index contributed by atoms with van der Waals surface area (Å²) >= 11 is 0. The van der Waals surface area contributed by atoms with Crippen molar-refractivity contribution in [2.45, 2.75) is 38.6 Å².